The maximum absolute atomic E-state index is 11.3. The Kier molecular flexibility index (Phi) is 2.90. The van der Waals surface area contributed by atoms with Crippen molar-refractivity contribution in [3.05, 3.63) is 22.8 Å². The zero-order chi connectivity index (χ0) is 12.8. The topological polar surface area (TPSA) is 57.5 Å². The van der Waals surface area contributed by atoms with Crippen LogP contribution in [0.15, 0.2) is 22.8 Å². The predicted molar refractivity (Wildman–Crippen MR) is 65.5 cm³/mol. The number of carbonyl (C=O) groups is 1. The summed E-state index contributed by atoms with van der Waals surface area (Å²) in [5.41, 5.74) is 2.60. The van der Waals surface area contributed by atoms with Gasteiger partial charge in [0.1, 0.15) is 0 Å². The molecule has 0 aromatic heterocycles. The van der Waals surface area contributed by atoms with Crippen LogP contribution in [0.25, 0.3) is 0 Å². The van der Waals surface area contributed by atoms with E-state index in [1.165, 1.54) is 0 Å². The van der Waals surface area contributed by atoms with Crippen LogP contribution in [0, 0.1) is 17.3 Å². The summed E-state index contributed by atoms with van der Waals surface area (Å²) in [5.74, 6) is -0.0369. The highest BCUT2D eigenvalue weighted by atomic mass is 16.4. The lowest BCUT2D eigenvalue weighted by Gasteiger charge is -2.30. The number of aliphatic carboxylic acids is 1. The zero-order valence-electron chi connectivity index (χ0n) is 10.7. The SMILES string of the molecule is CC1=C(CO)[C@H](C)C[C@@H]2C[C@](C)(C(=O)O)C=C12. The standard InChI is InChI=1S/C14H20O3/c1-8-4-10-5-14(3,13(16)17)6-11(10)9(2)12(8)7-15/h6,8,10,15H,4-5,7H2,1-3H3,(H,16,17)/t8-,10-,14+/m1/s1. The smallest absolute Gasteiger partial charge is 0.313 e. The van der Waals surface area contributed by atoms with Crippen LogP contribution in [0.1, 0.15) is 33.6 Å². The number of allylic oxidation sites excluding steroid dienone is 2. The van der Waals surface area contributed by atoms with Gasteiger partial charge >= 0.3 is 5.97 Å². The fraction of sp³-hybridized carbons (Fsp3) is 0.643. The van der Waals surface area contributed by atoms with Gasteiger partial charge in [0.2, 0.25) is 0 Å². The number of hydrogen-bond acceptors (Lipinski definition) is 2. The van der Waals surface area contributed by atoms with E-state index in [9.17, 15) is 15.0 Å². The number of hydrogen-bond donors (Lipinski definition) is 2. The fourth-order valence-corrected chi connectivity index (χ4v) is 3.31. The summed E-state index contributed by atoms with van der Waals surface area (Å²) in [6.07, 6.45) is 3.55. The maximum Gasteiger partial charge on any atom is 0.313 e. The Bertz CT molecular complexity index is 419. The molecule has 0 spiro atoms. The summed E-state index contributed by atoms with van der Waals surface area (Å²) >= 11 is 0. The van der Waals surface area contributed by atoms with Crippen LogP contribution in [0.3, 0.4) is 0 Å². The maximum atomic E-state index is 11.3. The molecule has 2 aliphatic rings. The normalized spacial score (nSPS) is 36.8. The number of fused-ring (bicyclic) bond motifs is 1. The average molecular weight is 236 g/mol. The van der Waals surface area contributed by atoms with Gasteiger partial charge in [-0.1, -0.05) is 13.0 Å². The molecule has 0 unspecified atom stereocenters. The molecule has 0 saturated carbocycles. The zero-order valence-corrected chi connectivity index (χ0v) is 10.7. The summed E-state index contributed by atoms with van der Waals surface area (Å²) < 4.78 is 0. The minimum absolute atomic E-state index is 0.0842. The van der Waals surface area contributed by atoms with Gasteiger partial charge < -0.3 is 10.2 Å². The molecule has 17 heavy (non-hydrogen) atoms. The van der Waals surface area contributed by atoms with Crippen LogP contribution in [0.4, 0.5) is 0 Å². The van der Waals surface area contributed by atoms with E-state index in [4.69, 9.17) is 0 Å². The van der Waals surface area contributed by atoms with E-state index >= 15 is 0 Å². The van der Waals surface area contributed by atoms with E-state index in [1.807, 2.05) is 13.0 Å². The van der Waals surface area contributed by atoms with Crippen LogP contribution >= 0.6 is 0 Å². The average Bonchev–Trinajstić information content (AvgIpc) is 2.57. The van der Waals surface area contributed by atoms with Gasteiger partial charge in [0.05, 0.1) is 12.0 Å². The van der Waals surface area contributed by atoms with Gasteiger partial charge in [-0.15, -0.1) is 0 Å². The summed E-state index contributed by atoms with van der Waals surface area (Å²) in [6.45, 7) is 5.99. The lowest BCUT2D eigenvalue weighted by Crippen LogP contribution is -2.25. The Morgan fingerprint density at radius 1 is 1.59 bits per heavy atom. The van der Waals surface area contributed by atoms with Crippen LogP contribution in [0.2, 0.25) is 0 Å². The molecule has 0 fully saturated rings. The van der Waals surface area contributed by atoms with E-state index < -0.39 is 11.4 Å². The number of aliphatic hydroxyl groups is 1. The first-order valence-corrected chi connectivity index (χ1v) is 6.16. The van der Waals surface area contributed by atoms with Crippen molar-refractivity contribution in [1.82, 2.24) is 0 Å². The minimum atomic E-state index is -0.745. The summed E-state index contributed by atoms with van der Waals surface area (Å²) in [6, 6.07) is 0. The Labute approximate surface area is 102 Å². The van der Waals surface area contributed by atoms with Crippen LogP contribution < -0.4 is 0 Å². The second kappa shape index (κ2) is 3.98. The highest BCUT2D eigenvalue weighted by molar-refractivity contribution is 5.78. The first kappa shape index (κ1) is 12.4. The van der Waals surface area contributed by atoms with E-state index in [1.54, 1.807) is 6.92 Å². The Morgan fingerprint density at radius 2 is 2.24 bits per heavy atom. The van der Waals surface area contributed by atoms with Gasteiger partial charge in [0.25, 0.3) is 0 Å². The third-order valence-electron chi connectivity index (χ3n) is 4.39. The van der Waals surface area contributed by atoms with Gasteiger partial charge in [-0.25, -0.2) is 0 Å². The van der Waals surface area contributed by atoms with Crippen LogP contribution in [0.5, 0.6) is 0 Å². The van der Waals surface area contributed by atoms with Gasteiger partial charge in [-0.2, -0.15) is 0 Å². The predicted octanol–water partition coefficient (Wildman–Crippen LogP) is 2.37. The van der Waals surface area contributed by atoms with Crippen LogP contribution in [-0.4, -0.2) is 22.8 Å². The minimum Gasteiger partial charge on any atom is -0.481 e. The van der Waals surface area contributed by atoms with Crippen molar-refractivity contribution in [2.45, 2.75) is 33.6 Å². The molecule has 3 atom stereocenters. The van der Waals surface area contributed by atoms with Gasteiger partial charge in [-0.3, -0.25) is 4.79 Å². The van der Waals surface area contributed by atoms with Gasteiger partial charge in [0.15, 0.2) is 0 Å². The molecule has 3 heteroatoms. The molecule has 0 bridgehead atoms. The van der Waals surface area contributed by atoms with Crippen molar-refractivity contribution in [3.8, 4) is 0 Å². The van der Waals surface area contributed by atoms with E-state index in [2.05, 4.69) is 6.92 Å². The highest BCUT2D eigenvalue weighted by Crippen LogP contribution is 2.49. The van der Waals surface area contributed by atoms with E-state index in [0.717, 1.165) is 23.1 Å². The Morgan fingerprint density at radius 3 is 2.76 bits per heavy atom. The summed E-state index contributed by atoms with van der Waals surface area (Å²) in [4.78, 5) is 11.3. The number of carboxylic acids is 1. The van der Waals surface area contributed by atoms with Crippen molar-refractivity contribution in [3.63, 3.8) is 0 Å². The molecular weight excluding hydrogens is 216 g/mol. The molecule has 0 aromatic rings. The molecule has 3 nitrogen and oxygen atoms in total. The van der Waals surface area contributed by atoms with Crippen molar-refractivity contribution in [1.29, 1.82) is 0 Å². The number of carboxylic acid groups (broad SMARTS) is 1. The molecular formula is C14H20O3. The summed E-state index contributed by atoms with van der Waals surface area (Å²) in [7, 11) is 0. The number of aliphatic hydroxyl groups excluding tert-OH is 1. The van der Waals surface area contributed by atoms with Crippen molar-refractivity contribution in [2.24, 2.45) is 17.3 Å². The molecule has 0 amide bonds. The third kappa shape index (κ3) is 1.82. The Balaban J connectivity index is 2.42. The third-order valence-corrected chi connectivity index (χ3v) is 4.39. The molecule has 0 radical (unpaired) electrons. The largest absolute Gasteiger partial charge is 0.481 e. The monoisotopic (exact) mass is 236 g/mol. The molecule has 2 N–H and O–H groups in total. The molecule has 0 aliphatic heterocycles. The van der Waals surface area contributed by atoms with Crippen LogP contribution in [-0.2, 0) is 4.79 Å². The lowest BCUT2D eigenvalue weighted by molar-refractivity contribution is -0.145. The van der Waals surface area contributed by atoms with Crippen molar-refractivity contribution < 1.29 is 15.0 Å². The van der Waals surface area contributed by atoms with Gasteiger partial charge in [0, 0.05) is 0 Å². The number of rotatable bonds is 2. The first-order chi connectivity index (χ1) is 7.89. The second-order valence-corrected chi connectivity index (χ2v) is 5.67. The van der Waals surface area contributed by atoms with Gasteiger partial charge in [-0.05, 0) is 55.2 Å². The Hall–Kier alpha value is -1.09. The molecule has 2 aliphatic carbocycles. The fourth-order valence-electron chi connectivity index (χ4n) is 3.31. The first-order valence-electron chi connectivity index (χ1n) is 6.16. The second-order valence-electron chi connectivity index (χ2n) is 5.67. The molecule has 0 heterocycles. The molecule has 0 saturated heterocycles. The molecule has 0 aromatic carbocycles. The lowest BCUT2D eigenvalue weighted by atomic mass is 9.75. The highest BCUT2D eigenvalue weighted by Gasteiger charge is 2.43. The summed E-state index contributed by atoms with van der Waals surface area (Å²) in [5, 5.41) is 18.7. The quantitative estimate of drug-likeness (QED) is 0.774. The molecule has 94 valence electrons. The van der Waals surface area contributed by atoms with E-state index in [0.29, 0.717) is 18.3 Å². The molecule has 2 rings (SSSR count). The van der Waals surface area contributed by atoms with Crippen molar-refractivity contribution >= 4 is 5.97 Å². The van der Waals surface area contributed by atoms with Crippen molar-refractivity contribution in [2.75, 3.05) is 6.61 Å². The van der Waals surface area contributed by atoms with E-state index in [-0.39, 0.29) is 6.61 Å².